The third-order valence-electron chi connectivity index (χ3n) is 5.27. The molecule has 0 aliphatic carbocycles. The van der Waals surface area contributed by atoms with Gasteiger partial charge in [0.1, 0.15) is 6.42 Å². The minimum Gasteiger partial charge on any atom is -0.338 e. The predicted octanol–water partition coefficient (Wildman–Crippen LogP) is 2.55. The van der Waals surface area contributed by atoms with Crippen molar-refractivity contribution in [3.8, 4) is 0 Å². The Morgan fingerprint density at radius 3 is 1.52 bits per heavy atom. The van der Waals surface area contributed by atoms with Gasteiger partial charge in [-0.25, -0.2) is 0 Å². The van der Waals surface area contributed by atoms with Gasteiger partial charge < -0.3 is 9.80 Å². The quantitative estimate of drug-likeness (QED) is 0.792. The summed E-state index contributed by atoms with van der Waals surface area (Å²) in [4.78, 5) is 28.8. The number of benzene rings is 2. The van der Waals surface area contributed by atoms with Gasteiger partial charge in [-0.05, 0) is 35.1 Å². The van der Waals surface area contributed by atoms with Crippen LogP contribution in [0, 0.1) is 0 Å². The van der Waals surface area contributed by atoms with E-state index in [2.05, 4.69) is 24.3 Å². The summed E-state index contributed by atoms with van der Waals surface area (Å²) in [5.74, 6) is -0.114. The molecule has 2 aliphatic rings. The first-order valence-electron chi connectivity index (χ1n) is 8.90. The molecule has 0 radical (unpaired) electrons. The van der Waals surface area contributed by atoms with Crippen LogP contribution in [0.15, 0.2) is 48.5 Å². The summed E-state index contributed by atoms with van der Waals surface area (Å²) >= 11 is 0. The van der Waals surface area contributed by atoms with Crippen molar-refractivity contribution >= 4 is 11.8 Å². The summed E-state index contributed by atoms with van der Waals surface area (Å²) in [7, 11) is 0. The van der Waals surface area contributed by atoms with Crippen LogP contribution in [0.25, 0.3) is 0 Å². The maximum atomic E-state index is 12.6. The summed E-state index contributed by atoms with van der Waals surface area (Å²) in [6.07, 6.45) is 1.71. The van der Waals surface area contributed by atoms with Crippen LogP contribution in [-0.4, -0.2) is 34.7 Å². The van der Waals surface area contributed by atoms with Gasteiger partial charge in [0.25, 0.3) is 0 Å². The maximum absolute atomic E-state index is 12.6. The number of nitrogens with zero attached hydrogens (tertiary/aromatic N) is 2. The molecular weight excluding hydrogens is 312 g/mol. The lowest BCUT2D eigenvalue weighted by atomic mass is 9.99. The molecule has 0 fully saturated rings. The van der Waals surface area contributed by atoms with Crippen molar-refractivity contribution in [1.82, 2.24) is 9.80 Å². The molecular formula is C21H22N2O2. The number of hydrogen-bond donors (Lipinski definition) is 0. The number of carbonyl (C=O) groups excluding carboxylic acids is 2. The Labute approximate surface area is 148 Å². The Morgan fingerprint density at radius 1 is 0.680 bits per heavy atom. The van der Waals surface area contributed by atoms with Gasteiger partial charge >= 0.3 is 0 Å². The summed E-state index contributed by atoms with van der Waals surface area (Å²) < 4.78 is 0. The Morgan fingerprint density at radius 2 is 1.08 bits per heavy atom. The maximum Gasteiger partial charge on any atom is 0.232 e. The SMILES string of the molecule is O=C(CC(=O)N1CCc2ccccc2C1)N1CCc2ccccc2C1. The summed E-state index contributed by atoms with van der Waals surface area (Å²) in [5.41, 5.74) is 5.01. The molecule has 2 aromatic rings. The number of amides is 2. The van der Waals surface area contributed by atoms with Crippen molar-refractivity contribution < 1.29 is 9.59 Å². The normalized spacial score (nSPS) is 16.2. The molecule has 0 aromatic heterocycles. The Hall–Kier alpha value is -2.62. The standard InChI is InChI=1S/C21H22N2O2/c24-20(22-11-9-16-5-1-3-7-18(16)14-22)13-21(25)23-12-10-17-6-2-4-8-19(17)15-23/h1-8H,9-15H2. The van der Waals surface area contributed by atoms with Crippen molar-refractivity contribution in [2.24, 2.45) is 0 Å². The second kappa shape index (κ2) is 6.71. The van der Waals surface area contributed by atoms with E-state index in [0.717, 1.165) is 12.8 Å². The molecule has 4 nitrogen and oxygen atoms in total. The summed E-state index contributed by atoms with van der Waals surface area (Å²) in [6.45, 7) is 2.63. The van der Waals surface area contributed by atoms with E-state index in [9.17, 15) is 9.59 Å². The van der Waals surface area contributed by atoms with Crippen molar-refractivity contribution in [3.05, 3.63) is 70.8 Å². The van der Waals surface area contributed by atoms with Crippen molar-refractivity contribution in [2.45, 2.75) is 32.4 Å². The molecule has 4 rings (SSSR count). The van der Waals surface area contributed by atoms with Gasteiger partial charge in [0.15, 0.2) is 0 Å². The van der Waals surface area contributed by atoms with Crippen LogP contribution in [0.1, 0.15) is 28.7 Å². The van der Waals surface area contributed by atoms with Gasteiger partial charge in [0.2, 0.25) is 11.8 Å². The van der Waals surface area contributed by atoms with Crippen molar-refractivity contribution in [2.75, 3.05) is 13.1 Å². The lowest BCUT2D eigenvalue weighted by Crippen LogP contribution is -2.41. The molecule has 0 unspecified atom stereocenters. The fourth-order valence-corrected chi connectivity index (χ4v) is 3.77. The number of hydrogen-bond acceptors (Lipinski definition) is 2. The zero-order chi connectivity index (χ0) is 17.2. The summed E-state index contributed by atoms with van der Waals surface area (Å²) in [5, 5.41) is 0. The number of rotatable bonds is 2. The fourth-order valence-electron chi connectivity index (χ4n) is 3.77. The largest absolute Gasteiger partial charge is 0.338 e. The van der Waals surface area contributed by atoms with Crippen LogP contribution < -0.4 is 0 Å². The van der Waals surface area contributed by atoms with Crippen LogP contribution in [0.4, 0.5) is 0 Å². The molecule has 4 heteroatoms. The first-order chi connectivity index (χ1) is 12.2. The summed E-state index contributed by atoms with van der Waals surface area (Å²) in [6, 6.07) is 16.5. The Kier molecular flexibility index (Phi) is 4.26. The predicted molar refractivity (Wildman–Crippen MR) is 95.7 cm³/mol. The van der Waals surface area contributed by atoms with E-state index in [1.165, 1.54) is 22.3 Å². The van der Waals surface area contributed by atoms with E-state index in [1.54, 1.807) is 0 Å². The van der Waals surface area contributed by atoms with Crippen LogP contribution in [0.3, 0.4) is 0 Å². The average Bonchev–Trinajstić information content (AvgIpc) is 2.67. The molecule has 0 atom stereocenters. The van der Waals surface area contributed by atoms with Gasteiger partial charge in [-0.1, -0.05) is 48.5 Å². The van der Waals surface area contributed by atoms with E-state index in [4.69, 9.17) is 0 Å². The van der Waals surface area contributed by atoms with E-state index in [0.29, 0.717) is 26.2 Å². The topological polar surface area (TPSA) is 40.6 Å². The van der Waals surface area contributed by atoms with Crippen LogP contribution in [-0.2, 0) is 35.5 Å². The van der Waals surface area contributed by atoms with Crippen LogP contribution in [0.2, 0.25) is 0 Å². The van der Waals surface area contributed by atoms with Crippen LogP contribution >= 0.6 is 0 Å². The van der Waals surface area contributed by atoms with E-state index in [-0.39, 0.29) is 18.2 Å². The number of fused-ring (bicyclic) bond motifs is 2. The third-order valence-corrected chi connectivity index (χ3v) is 5.27. The molecule has 128 valence electrons. The van der Waals surface area contributed by atoms with Gasteiger partial charge in [0.05, 0.1) is 0 Å². The molecule has 0 spiro atoms. The molecule has 0 bridgehead atoms. The lowest BCUT2D eigenvalue weighted by Gasteiger charge is -2.31. The molecule has 0 saturated heterocycles. The molecule has 2 aliphatic heterocycles. The third kappa shape index (κ3) is 3.29. The highest BCUT2D eigenvalue weighted by Crippen LogP contribution is 2.21. The Balaban J connectivity index is 1.38. The first-order valence-corrected chi connectivity index (χ1v) is 8.90. The van der Waals surface area contributed by atoms with Gasteiger partial charge in [-0.3, -0.25) is 9.59 Å². The van der Waals surface area contributed by atoms with Gasteiger partial charge in [0, 0.05) is 26.2 Å². The second-order valence-corrected chi connectivity index (χ2v) is 6.84. The fraction of sp³-hybridized carbons (Fsp3) is 0.333. The number of carbonyl (C=O) groups is 2. The van der Waals surface area contributed by atoms with Gasteiger partial charge in [-0.2, -0.15) is 0 Å². The van der Waals surface area contributed by atoms with Crippen molar-refractivity contribution in [1.29, 1.82) is 0 Å². The minimum absolute atomic E-state index is 0.0235. The smallest absolute Gasteiger partial charge is 0.232 e. The highest BCUT2D eigenvalue weighted by atomic mass is 16.2. The molecule has 0 saturated carbocycles. The van der Waals surface area contributed by atoms with E-state index >= 15 is 0 Å². The highest BCUT2D eigenvalue weighted by Gasteiger charge is 2.26. The van der Waals surface area contributed by atoms with Gasteiger partial charge in [-0.15, -0.1) is 0 Å². The molecule has 25 heavy (non-hydrogen) atoms. The zero-order valence-corrected chi connectivity index (χ0v) is 14.3. The first kappa shape index (κ1) is 15.9. The lowest BCUT2D eigenvalue weighted by molar-refractivity contribution is -0.141. The zero-order valence-electron chi connectivity index (χ0n) is 14.3. The molecule has 2 aromatic carbocycles. The second-order valence-electron chi connectivity index (χ2n) is 6.84. The molecule has 2 heterocycles. The highest BCUT2D eigenvalue weighted by molar-refractivity contribution is 5.97. The van der Waals surface area contributed by atoms with E-state index in [1.807, 2.05) is 34.1 Å². The minimum atomic E-state index is -0.0571. The Bertz CT molecular complexity index is 748. The van der Waals surface area contributed by atoms with E-state index < -0.39 is 0 Å². The molecule has 2 amide bonds. The monoisotopic (exact) mass is 334 g/mol. The molecule has 0 N–H and O–H groups in total. The van der Waals surface area contributed by atoms with Crippen LogP contribution in [0.5, 0.6) is 0 Å². The average molecular weight is 334 g/mol. The van der Waals surface area contributed by atoms with Crippen molar-refractivity contribution in [3.63, 3.8) is 0 Å².